The van der Waals surface area contributed by atoms with Gasteiger partial charge < -0.3 is 42.6 Å². The third-order valence-corrected chi connectivity index (χ3v) is 6.52. The maximum absolute atomic E-state index is 13.2. The number of carbonyl (C=O) groups excluding carboxylic acids is 4. The number of amides is 4. The van der Waals surface area contributed by atoms with Crippen LogP contribution < -0.4 is 27.4 Å². The molecule has 0 aliphatic carbocycles. The van der Waals surface area contributed by atoms with Crippen molar-refractivity contribution in [2.75, 3.05) is 12.0 Å². The lowest BCUT2D eigenvalue weighted by Gasteiger charge is -2.25. The number of primary amides is 1. The number of hydrogen-bond donors (Lipinski definition) is 8. The summed E-state index contributed by atoms with van der Waals surface area (Å²) in [5, 5.41) is 26.5. The molecule has 0 saturated heterocycles. The van der Waals surface area contributed by atoms with Gasteiger partial charge in [0, 0.05) is 24.7 Å². The number of H-pyrrole nitrogens is 1. The van der Waals surface area contributed by atoms with E-state index in [1.54, 1.807) is 12.1 Å². The summed E-state index contributed by atoms with van der Waals surface area (Å²) < 4.78 is 0. The van der Waals surface area contributed by atoms with Gasteiger partial charge in [-0.3, -0.25) is 19.2 Å². The zero-order valence-corrected chi connectivity index (χ0v) is 22.8. The van der Waals surface area contributed by atoms with Gasteiger partial charge in [0.25, 0.3) is 0 Å². The van der Waals surface area contributed by atoms with Crippen molar-refractivity contribution in [1.29, 1.82) is 0 Å². The molecule has 1 heterocycles. The Labute approximate surface area is 235 Å². The molecule has 218 valence electrons. The monoisotopic (exact) mass is 577 g/mol. The van der Waals surface area contributed by atoms with Crippen LogP contribution in [0, 0.1) is 0 Å². The third-order valence-electron chi connectivity index (χ3n) is 5.88. The number of aliphatic carboxylic acids is 1. The predicted octanol–water partition coefficient (Wildman–Crippen LogP) is -1.21. The van der Waals surface area contributed by atoms with Crippen LogP contribution in [-0.2, 0) is 36.8 Å². The first-order chi connectivity index (χ1) is 19.0. The van der Waals surface area contributed by atoms with Gasteiger partial charge in [-0.1, -0.05) is 12.1 Å². The van der Waals surface area contributed by atoms with Gasteiger partial charge in [-0.25, -0.2) is 9.78 Å². The molecule has 4 amide bonds. The molecule has 10 N–H and O–H groups in total. The number of benzene rings is 1. The summed E-state index contributed by atoms with van der Waals surface area (Å²) >= 11 is 1.44. The van der Waals surface area contributed by atoms with Crippen molar-refractivity contribution in [2.45, 2.75) is 56.3 Å². The molecule has 2 rings (SSSR count). The number of phenols is 1. The van der Waals surface area contributed by atoms with Crippen LogP contribution in [0.3, 0.4) is 0 Å². The van der Waals surface area contributed by atoms with Crippen LogP contribution in [0.4, 0.5) is 0 Å². The normalized spacial score (nSPS) is 13.8. The van der Waals surface area contributed by atoms with Crippen LogP contribution >= 0.6 is 11.8 Å². The maximum Gasteiger partial charge on any atom is 0.326 e. The lowest BCUT2D eigenvalue weighted by Crippen LogP contribution is -2.57. The quantitative estimate of drug-likeness (QED) is 0.111. The fourth-order valence-electron chi connectivity index (χ4n) is 3.68. The second-order valence-electron chi connectivity index (χ2n) is 9.07. The maximum atomic E-state index is 13.2. The fourth-order valence-corrected chi connectivity index (χ4v) is 4.15. The number of nitrogens with one attached hydrogen (secondary N) is 4. The number of carboxylic acids is 1. The largest absolute Gasteiger partial charge is 0.508 e. The molecule has 0 aliphatic heterocycles. The molecule has 0 radical (unpaired) electrons. The van der Waals surface area contributed by atoms with Crippen LogP contribution in [0.1, 0.15) is 30.5 Å². The molecular formula is C25H35N7O7S. The molecular weight excluding hydrogens is 542 g/mol. The van der Waals surface area contributed by atoms with Gasteiger partial charge in [-0.2, -0.15) is 11.8 Å². The highest BCUT2D eigenvalue weighted by Crippen LogP contribution is 2.11. The van der Waals surface area contributed by atoms with Crippen LogP contribution in [0.25, 0.3) is 0 Å². The van der Waals surface area contributed by atoms with E-state index in [0.717, 1.165) is 0 Å². The molecule has 0 saturated carbocycles. The average molecular weight is 578 g/mol. The number of carbonyl (C=O) groups is 5. The molecule has 40 heavy (non-hydrogen) atoms. The highest BCUT2D eigenvalue weighted by atomic mass is 32.2. The van der Waals surface area contributed by atoms with Crippen molar-refractivity contribution >= 4 is 41.4 Å². The summed E-state index contributed by atoms with van der Waals surface area (Å²) in [6.07, 6.45) is 4.44. The van der Waals surface area contributed by atoms with E-state index in [1.807, 2.05) is 6.26 Å². The Morgan fingerprint density at radius 2 is 1.55 bits per heavy atom. The summed E-state index contributed by atoms with van der Waals surface area (Å²) in [6, 6.07) is 1.48. The number of hydrogen-bond acceptors (Lipinski definition) is 9. The number of carboxylic acid groups (broad SMARTS) is 1. The standard InChI is InChI=1S/C25H35N7O7S/c1-40-9-8-19(30-22(35)17(26)10-14-2-4-16(33)5-3-14)24(37)31-18(6-7-21(27)34)23(36)32-20(25(38)39)11-15-12-28-13-29-15/h2-5,12-13,17-20,33H,6-11,26H2,1H3,(H2,27,34)(H,28,29)(H,30,35)(H,31,37)(H,32,36)(H,38,39). The summed E-state index contributed by atoms with van der Waals surface area (Å²) in [5.74, 6) is -3.60. The Morgan fingerprint density at radius 1 is 0.950 bits per heavy atom. The predicted molar refractivity (Wildman–Crippen MR) is 147 cm³/mol. The van der Waals surface area contributed by atoms with Gasteiger partial charge in [-0.05, 0) is 49.0 Å². The molecule has 1 aromatic carbocycles. The molecule has 4 atom stereocenters. The number of nitrogens with zero attached hydrogens (tertiary/aromatic N) is 1. The van der Waals surface area contributed by atoms with Crippen LogP contribution in [0.15, 0.2) is 36.8 Å². The van der Waals surface area contributed by atoms with Gasteiger partial charge in [0.1, 0.15) is 23.9 Å². The Hall–Kier alpha value is -4.11. The van der Waals surface area contributed by atoms with E-state index in [4.69, 9.17) is 11.5 Å². The van der Waals surface area contributed by atoms with E-state index >= 15 is 0 Å². The average Bonchev–Trinajstić information content (AvgIpc) is 3.42. The van der Waals surface area contributed by atoms with Crippen LogP contribution in [-0.4, -0.2) is 86.0 Å². The summed E-state index contributed by atoms with van der Waals surface area (Å²) in [4.78, 5) is 68.8. The van der Waals surface area contributed by atoms with E-state index in [2.05, 4.69) is 25.9 Å². The molecule has 0 bridgehead atoms. The van der Waals surface area contributed by atoms with Crippen molar-refractivity contribution in [3.63, 3.8) is 0 Å². The van der Waals surface area contributed by atoms with E-state index in [-0.39, 0.29) is 37.9 Å². The first-order valence-corrected chi connectivity index (χ1v) is 13.8. The minimum absolute atomic E-state index is 0.0708. The van der Waals surface area contributed by atoms with Crippen molar-refractivity contribution in [3.05, 3.63) is 48.0 Å². The molecule has 14 nitrogen and oxygen atoms in total. The van der Waals surface area contributed by atoms with Crippen LogP contribution in [0.2, 0.25) is 0 Å². The smallest absolute Gasteiger partial charge is 0.326 e. The second kappa shape index (κ2) is 16.1. The lowest BCUT2D eigenvalue weighted by atomic mass is 10.0. The van der Waals surface area contributed by atoms with Crippen LogP contribution in [0.5, 0.6) is 5.75 Å². The molecule has 0 aliphatic rings. The van der Waals surface area contributed by atoms with Crippen molar-refractivity contribution in [1.82, 2.24) is 25.9 Å². The van der Waals surface area contributed by atoms with Crippen molar-refractivity contribution < 1.29 is 34.2 Å². The van der Waals surface area contributed by atoms with E-state index < -0.39 is 53.8 Å². The van der Waals surface area contributed by atoms with Gasteiger partial charge in [0.2, 0.25) is 23.6 Å². The number of imidazole rings is 1. The molecule has 4 unspecified atom stereocenters. The Balaban J connectivity index is 2.12. The van der Waals surface area contributed by atoms with Gasteiger partial charge in [0.15, 0.2) is 0 Å². The SMILES string of the molecule is CSCCC(NC(=O)C(N)Cc1ccc(O)cc1)C(=O)NC(CCC(N)=O)C(=O)NC(Cc1cnc[nH]1)C(=O)O. The minimum Gasteiger partial charge on any atom is -0.508 e. The summed E-state index contributed by atoms with van der Waals surface area (Å²) in [6.45, 7) is 0. The Morgan fingerprint density at radius 3 is 2.10 bits per heavy atom. The Bertz CT molecular complexity index is 1140. The minimum atomic E-state index is -1.34. The second-order valence-corrected chi connectivity index (χ2v) is 10.1. The topological polar surface area (TPSA) is 243 Å². The Kier molecular flexibility index (Phi) is 12.9. The first-order valence-electron chi connectivity index (χ1n) is 12.4. The van der Waals surface area contributed by atoms with E-state index in [9.17, 15) is 34.2 Å². The number of aromatic amines is 1. The fraction of sp³-hybridized carbons (Fsp3) is 0.440. The zero-order chi connectivity index (χ0) is 29.7. The third kappa shape index (κ3) is 10.9. The molecule has 1 aromatic heterocycles. The lowest BCUT2D eigenvalue weighted by molar-refractivity contribution is -0.142. The summed E-state index contributed by atoms with van der Waals surface area (Å²) in [5.41, 5.74) is 12.4. The number of aromatic hydroxyl groups is 1. The number of thioether (sulfide) groups is 1. The first kappa shape index (κ1) is 32.1. The highest BCUT2D eigenvalue weighted by Gasteiger charge is 2.30. The number of aromatic nitrogens is 2. The summed E-state index contributed by atoms with van der Waals surface area (Å²) in [7, 11) is 0. The van der Waals surface area contributed by atoms with Crippen molar-refractivity contribution in [3.8, 4) is 5.75 Å². The van der Waals surface area contributed by atoms with Crippen molar-refractivity contribution in [2.24, 2.45) is 11.5 Å². The van der Waals surface area contributed by atoms with E-state index in [1.165, 1.54) is 36.4 Å². The molecule has 0 spiro atoms. The van der Waals surface area contributed by atoms with Gasteiger partial charge in [-0.15, -0.1) is 0 Å². The molecule has 2 aromatic rings. The van der Waals surface area contributed by atoms with Gasteiger partial charge in [0.05, 0.1) is 12.4 Å². The molecule has 15 heteroatoms. The zero-order valence-electron chi connectivity index (χ0n) is 22.0. The highest BCUT2D eigenvalue weighted by molar-refractivity contribution is 7.98. The van der Waals surface area contributed by atoms with Gasteiger partial charge >= 0.3 is 5.97 Å². The number of phenolic OH excluding ortho intramolecular Hbond substituents is 1. The van der Waals surface area contributed by atoms with E-state index in [0.29, 0.717) is 17.0 Å². The molecule has 0 fully saturated rings. The number of nitrogens with two attached hydrogens (primary N) is 2. The number of rotatable bonds is 17.